The number of amides is 1. The van der Waals surface area contributed by atoms with Gasteiger partial charge in [0.1, 0.15) is 11.8 Å². The number of hydrogen-bond donors (Lipinski definition) is 1. The fraction of sp³-hybridized carbons (Fsp3) is 0.923. The number of likely N-dealkylation sites (tertiary alicyclic amines) is 1. The first-order valence-electron chi connectivity index (χ1n) is 6.67. The lowest BCUT2D eigenvalue weighted by atomic mass is 9.87. The van der Waals surface area contributed by atoms with Crippen molar-refractivity contribution >= 4 is 6.09 Å². The van der Waals surface area contributed by atoms with Gasteiger partial charge in [-0.25, -0.2) is 9.18 Å². The molecule has 18 heavy (non-hydrogen) atoms. The van der Waals surface area contributed by atoms with Crippen LogP contribution in [0.3, 0.4) is 0 Å². The molecular weight excluding hydrogens is 235 g/mol. The van der Waals surface area contributed by atoms with Gasteiger partial charge in [-0.2, -0.15) is 0 Å². The minimum Gasteiger partial charge on any atom is -0.444 e. The van der Waals surface area contributed by atoms with E-state index in [1.807, 2.05) is 20.8 Å². The van der Waals surface area contributed by atoms with Gasteiger partial charge in [0.25, 0.3) is 0 Å². The van der Waals surface area contributed by atoms with Crippen LogP contribution in [-0.4, -0.2) is 47.9 Å². The van der Waals surface area contributed by atoms with E-state index in [4.69, 9.17) is 4.74 Å². The lowest BCUT2D eigenvalue weighted by Gasteiger charge is -2.36. The lowest BCUT2D eigenvalue weighted by molar-refractivity contribution is 0.0269. The molecule has 1 amide bonds. The van der Waals surface area contributed by atoms with E-state index in [0.29, 0.717) is 32.5 Å². The number of carbonyl (C=O) groups is 1. The summed E-state index contributed by atoms with van der Waals surface area (Å²) in [5.74, 6) is 0. The molecule has 1 spiro atoms. The maximum atomic E-state index is 13.5. The summed E-state index contributed by atoms with van der Waals surface area (Å²) in [6, 6.07) is 0. The van der Waals surface area contributed by atoms with Crippen molar-refractivity contribution in [2.45, 2.75) is 57.3 Å². The summed E-state index contributed by atoms with van der Waals surface area (Å²) in [6.07, 6.45) is 0.861. The van der Waals surface area contributed by atoms with Crippen LogP contribution in [0.2, 0.25) is 0 Å². The van der Waals surface area contributed by atoms with E-state index in [0.717, 1.165) is 6.42 Å². The third-order valence-electron chi connectivity index (χ3n) is 3.58. The molecule has 0 aromatic rings. The number of hydrogen-bond acceptors (Lipinski definition) is 3. The molecule has 2 saturated heterocycles. The molecule has 2 rings (SSSR count). The van der Waals surface area contributed by atoms with Gasteiger partial charge in [-0.3, -0.25) is 0 Å². The average molecular weight is 258 g/mol. The number of piperidine rings is 1. The summed E-state index contributed by atoms with van der Waals surface area (Å²) >= 11 is 0. The Labute approximate surface area is 108 Å². The number of nitrogens with zero attached hydrogens (tertiary/aromatic N) is 1. The number of rotatable bonds is 0. The Morgan fingerprint density at radius 3 is 2.83 bits per heavy atom. The maximum Gasteiger partial charge on any atom is 0.410 e. The molecule has 5 heteroatoms. The summed E-state index contributed by atoms with van der Waals surface area (Å²) in [6.45, 7) is 7.47. The van der Waals surface area contributed by atoms with Gasteiger partial charge in [0.05, 0.1) is 0 Å². The smallest absolute Gasteiger partial charge is 0.410 e. The summed E-state index contributed by atoms with van der Waals surface area (Å²) in [7, 11) is 0. The third kappa shape index (κ3) is 3.13. The highest BCUT2D eigenvalue weighted by atomic mass is 19.1. The molecule has 0 saturated carbocycles. The normalized spacial score (nSPS) is 32.9. The van der Waals surface area contributed by atoms with Gasteiger partial charge in [-0.1, -0.05) is 0 Å². The molecule has 0 bridgehead atoms. The van der Waals surface area contributed by atoms with Crippen molar-refractivity contribution in [3.05, 3.63) is 0 Å². The Morgan fingerprint density at radius 1 is 1.50 bits per heavy atom. The SMILES string of the molecule is CC(C)(C)OC(=O)N1CCC2(CC(F)CCN2)C1. The van der Waals surface area contributed by atoms with Crippen LogP contribution < -0.4 is 5.32 Å². The molecule has 0 radical (unpaired) electrons. The first-order chi connectivity index (χ1) is 8.30. The van der Waals surface area contributed by atoms with E-state index in [1.54, 1.807) is 4.90 Å². The van der Waals surface area contributed by atoms with Crippen molar-refractivity contribution in [2.24, 2.45) is 0 Å². The number of nitrogens with one attached hydrogen (secondary N) is 1. The van der Waals surface area contributed by atoms with Crippen LogP contribution in [-0.2, 0) is 4.74 Å². The van der Waals surface area contributed by atoms with Gasteiger partial charge in [-0.05, 0) is 46.6 Å². The van der Waals surface area contributed by atoms with E-state index in [9.17, 15) is 9.18 Å². The fourth-order valence-electron chi connectivity index (χ4n) is 2.76. The highest BCUT2D eigenvalue weighted by molar-refractivity contribution is 5.68. The van der Waals surface area contributed by atoms with Crippen molar-refractivity contribution in [2.75, 3.05) is 19.6 Å². The van der Waals surface area contributed by atoms with Gasteiger partial charge in [0.15, 0.2) is 0 Å². The quantitative estimate of drug-likeness (QED) is 0.723. The van der Waals surface area contributed by atoms with Crippen molar-refractivity contribution < 1.29 is 13.9 Å². The molecule has 2 atom stereocenters. The van der Waals surface area contributed by atoms with Gasteiger partial charge >= 0.3 is 6.09 Å². The predicted molar refractivity (Wildman–Crippen MR) is 67.3 cm³/mol. The standard InChI is InChI=1S/C13H23FN2O2/c1-12(2,3)18-11(17)16-7-5-13(9-16)8-10(14)4-6-15-13/h10,15H,4-9H2,1-3H3. The van der Waals surface area contributed by atoms with Gasteiger partial charge in [-0.15, -0.1) is 0 Å². The largest absolute Gasteiger partial charge is 0.444 e. The lowest BCUT2D eigenvalue weighted by Crippen LogP contribution is -2.54. The average Bonchev–Trinajstić information content (AvgIpc) is 2.59. The summed E-state index contributed by atoms with van der Waals surface area (Å²) in [5.41, 5.74) is -0.704. The fourth-order valence-corrected chi connectivity index (χ4v) is 2.76. The van der Waals surface area contributed by atoms with Crippen LogP contribution in [0, 0.1) is 0 Å². The number of carbonyl (C=O) groups excluding carboxylic acids is 1. The molecule has 1 N–H and O–H groups in total. The third-order valence-corrected chi connectivity index (χ3v) is 3.58. The van der Waals surface area contributed by atoms with Crippen LogP contribution in [0.4, 0.5) is 9.18 Å². The Kier molecular flexibility index (Phi) is 3.54. The van der Waals surface area contributed by atoms with E-state index in [1.165, 1.54) is 0 Å². The highest BCUT2D eigenvalue weighted by Gasteiger charge is 2.44. The molecule has 2 aliphatic rings. The molecule has 0 aliphatic carbocycles. The molecule has 0 aromatic heterocycles. The van der Waals surface area contributed by atoms with Crippen LogP contribution >= 0.6 is 0 Å². The molecule has 104 valence electrons. The number of alkyl halides is 1. The van der Waals surface area contributed by atoms with E-state index < -0.39 is 11.8 Å². The zero-order valence-corrected chi connectivity index (χ0v) is 11.5. The molecule has 2 aliphatic heterocycles. The van der Waals surface area contributed by atoms with Gasteiger partial charge in [0.2, 0.25) is 0 Å². The first kappa shape index (κ1) is 13.6. The summed E-state index contributed by atoms with van der Waals surface area (Å²) in [4.78, 5) is 13.6. The second-order valence-electron chi connectivity index (χ2n) is 6.45. The van der Waals surface area contributed by atoms with Crippen LogP contribution in [0.25, 0.3) is 0 Å². The second kappa shape index (κ2) is 4.68. The zero-order chi connectivity index (χ0) is 13.4. The van der Waals surface area contributed by atoms with Crippen LogP contribution in [0.15, 0.2) is 0 Å². The molecule has 2 heterocycles. The van der Waals surface area contributed by atoms with Crippen molar-refractivity contribution in [3.63, 3.8) is 0 Å². The second-order valence-corrected chi connectivity index (χ2v) is 6.45. The highest BCUT2D eigenvalue weighted by Crippen LogP contribution is 2.31. The van der Waals surface area contributed by atoms with E-state index in [-0.39, 0.29) is 11.6 Å². The minimum absolute atomic E-state index is 0.228. The van der Waals surface area contributed by atoms with Crippen LogP contribution in [0.1, 0.15) is 40.0 Å². The van der Waals surface area contributed by atoms with Crippen molar-refractivity contribution in [3.8, 4) is 0 Å². The number of halogens is 1. The Balaban J connectivity index is 1.93. The molecular formula is C13H23FN2O2. The molecule has 2 fully saturated rings. The van der Waals surface area contributed by atoms with Gasteiger partial charge < -0.3 is 15.0 Å². The zero-order valence-electron chi connectivity index (χ0n) is 11.5. The summed E-state index contributed by atoms with van der Waals surface area (Å²) < 4.78 is 18.9. The Hall–Kier alpha value is -0.840. The Morgan fingerprint density at radius 2 is 2.22 bits per heavy atom. The predicted octanol–water partition coefficient (Wildman–Crippen LogP) is 2.09. The number of ether oxygens (including phenoxy) is 1. The monoisotopic (exact) mass is 258 g/mol. The summed E-state index contributed by atoms with van der Waals surface area (Å²) in [5, 5.41) is 3.38. The maximum absolute atomic E-state index is 13.5. The van der Waals surface area contributed by atoms with E-state index >= 15 is 0 Å². The molecule has 2 unspecified atom stereocenters. The Bertz CT molecular complexity index is 329. The van der Waals surface area contributed by atoms with Crippen molar-refractivity contribution in [1.82, 2.24) is 10.2 Å². The molecule has 0 aromatic carbocycles. The van der Waals surface area contributed by atoms with Crippen LogP contribution in [0.5, 0.6) is 0 Å². The first-order valence-corrected chi connectivity index (χ1v) is 6.67. The van der Waals surface area contributed by atoms with Crippen molar-refractivity contribution in [1.29, 1.82) is 0 Å². The molecule has 4 nitrogen and oxygen atoms in total. The van der Waals surface area contributed by atoms with Gasteiger partial charge in [0, 0.05) is 18.6 Å². The minimum atomic E-state index is -0.746. The topological polar surface area (TPSA) is 41.6 Å². The van der Waals surface area contributed by atoms with E-state index in [2.05, 4.69) is 5.32 Å².